The Labute approximate surface area is 89.9 Å². The number of rotatable bonds is 3. The van der Waals surface area contributed by atoms with Crippen molar-refractivity contribution >= 4 is 5.97 Å². The smallest absolute Gasteiger partial charge is 0.309 e. The van der Waals surface area contributed by atoms with Gasteiger partial charge in [0.1, 0.15) is 0 Å². The number of carbonyl (C=O) groups excluding carboxylic acids is 1. The number of hydrogen-bond donors (Lipinski definition) is 0. The Bertz CT molecular complexity index is 255. The third-order valence-electron chi connectivity index (χ3n) is 3.39. The monoisotopic (exact) mass is 214 g/mol. The minimum Gasteiger partial charge on any atom is -0.466 e. The van der Waals surface area contributed by atoms with Gasteiger partial charge in [0.15, 0.2) is 6.29 Å². The summed E-state index contributed by atoms with van der Waals surface area (Å²) in [4.78, 5) is 11.7. The van der Waals surface area contributed by atoms with Crippen LogP contribution in [-0.2, 0) is 19.0 Å². The van der Waals surface area contributed by atoms with Crippen molar-refractivity contribution in [3.63, 3.8) is 0 Å². The number of carbonyl (C=O) groups is 1. The van der Waals surface area contributed by atoms with E-state index in [2.05, 4.69) is 13.8 Å². The van der Waals surface area contributed by atoms with Gasteiger partial charge in [-0.3, -0.25) is 4.79 Å². The van der Waals surface area contributed by atoms with Crippen LogP contribution in [-0.4, -0.2) is 32.1 Å². The van der Waals surface area contributed by atoms with Crippen LogP contribution in [0.3, 0.4) is 0 Å². The molecular weight excluding hydrogens is 196 g/mol. The van der Waals surface area contributed by atoms with E-state index in [4.69, 9.17) is 14.2 Å². The van der Waals surface area contributed by atoms with Crippen molar-refractivity contribution in [2.24, 2.45) is 17.3 Å². The Morgan fingerprint density at radius 3 is 2.53 bits per heavy atom. The van der Waals surface area contributed by atoms with E-state index in [1.54, 1.807) is 0 Å². The Hall–Kier alpha value is -0.610. The molecule has 1 heterocycles. The number of ether oxygens (including phenoxy) is 3. The summed E-state index contributed by atoms with van der Waals surface area (Å²) in [6.45, 7) is 7.64. The van der Waals surface area contributed by atoms with E-state index in [1.807, 2.05) is 6.92 Å². The maximum Gasteiger partial charge on any atom is 0.309 e. The molecular formula is C11H18O4. The molecule has 1 saturated carbocycles. The standard InChI is InChI=1S/C11H18O4/c1-4-13-9(12)7-8(11(7,2)3)10-14-5-6-15-10/h7-8,10H,4-6H2,1-3H3. The molecule has 0 spiro atoms. The third-order valence-corrected chi connectivity index (χ3v) is 3.39. The molecule has 1 aliphatic carbocycles. The second-order valence-electron chi connectivity index (χ2n) is 4.69. The van der Waals surface area contributed by atoms with Gasteiger partial charge in [0, 0.05) is 5.92 Å². The summed E-state index contributed by atoms with van der Waals surface area (Å²) in [6, 6.07) is 0. The molecule has 0 aromatic carbocycles. The molecule has 2 unspecified atom stereocenters. The SMILES string of the molecule is CCOC(=O)C1C(C2OCCO2)C1(C)C. The van der Waals surface area contributed by atoms with Gasteiger partial charge < -0.3 is 14.2 Å². The first-order valence-corrected chi connectivity index (χ1v) is 5.49. The predicted molar refractivity (Wildman–Crippen MR) is 53.1 cm³/mol. The molecule has 0 aromatic heterocycles. The number of hydrogen-bond acceptors (Lipinski definition) is 4. The van der Waals surface area contributed by atoms with E-state index in [0.717, 1.165) is 0 Å². The Morgan fingerprint density at radius 2 is 2.00 bits per heavy atom. The molecule has 86 valence electrons. The largest absolute Gasteiger partial charge is 0.466 e. The van der Waals surface area contributed by atoms with Gasteiger partial charge in [-0.1, -0.05) is 13.8 Å². The minimum absolute atomic E-state index is 0.0543. The summed E-state index contributed by atoms with van der Waals surface area (Å²) in [5, 5.41) is 0. The summed E-state index contributed by atoms with van der Waals surface area (Å²) in [6.07, 6.45) is -0.214. The molecule has 4 heteroatoms. The molecule has 2 atom stereocenters. The topological polar surface area (TPSA) is 44.8 Å². The van der Waals surface area contributed by atoms with E-state index in [-0.39, 0.29) is 29.5 Å². The summed E-state index contributed by atoms with van der Waals surface area (Å²) in [7, 11) is 0. The zero-order valence-electron chi connectivity index (χ0n) is 9.49. The second kappa shape index (κ2) is 3.76. The lowest BCUT2D eigenvalue weighted by Crippen LogP contribution is -2.16. The maximum atomic E-state index is 11.7. The Kier molecular flexibility index (Phi) is 2.73. The van der Waals surface area contributed by atoms with Gasteiger partial charge in [0.25, 0.3) is 0 Å². The van der Waals surface area contributed by atoms with Crippen molar-refractivity contribution in [1.82, 2.24) is 0 Å². The van der Waals surface area contributed by atoms with Crippen molar-refractivity contribution in [2.75, 3.05) is 19.8 Å². The minimum atomic E-state index is -0.214. The van der Waals surface area contributed by atoms with E-state index < -0.39 is 0 Å². The van der Waals surface area contributed by atoms with Crippen LogP contribution in [0.4, 0.5) is 0 Å². The fraction of sp³-hybridized carbons (Fsp3) is 0.909. The van der Waals surface area contributed by atoms with Crippen LogP contribution in [0.25, 0.3) is 0 Å². The normalized spacial score (nSPS) is 34.1. The molecule has 2 fully saturated rings. The Morgan fingerprint density at radius 1 is 1.40 bits per heavy atom. The van der Waals surface area contributed by atoms with Crippen molar-refractivity contribution in [3.8, 4) is 0 Å². The second-order valence-corrected chi connectivity index (χ2v) is 4.69. The fourth-order valence-corrected chi connectivity index (χ4v) is 2.45. The van der Waals surface area contributed by atoms with Gasteiger partial charge in [-0.25, -0.2) is 0 Å². The van der Waals surface area contributed by atoms with Gasteiger partial charge >= 0.3 is 5.97 Å². The lowest BCUT2D eigenvalue weighted by molar-refractivity contribution is -0.147. The highest BCUT2D eigenvalue weighted by atomic mass is 16.7. The van der Waals surface area contributed by atoms with Crippen molar-refractivity contribution in [3.05, 3.63) is 0 Å². The van der Waals surface area contributed by atoms with Crippen molar-refractivity contribution in [2.45, 2.75) is 27.1 Å². The number of esters is 1. The first-order chi connectivity index (χ1) is 7.09. The van der Waals surface area contributed by atoms with Gasteiger partial charge in [0.2, 0.25) is 0 Å². The molecule has 4 nitrogen and oxygen atoms in total. The lowest BCUT2D eigenvalue weighted by Gasteiger charge is -2.09. The van der Waals surface area contributed by atoms with Crippen LogP contribution in [0.1, 0.15) is 20.8 Å². The van der Waals surface area contributed by atoms with Gasteiger partial charge in [0.05, 0.1) is 25.7 Å². The average Bonchev–Trinajstić information content (AvgIpc) is 2.59. The van der Waals surface area contributed by atoms with Crippen LogP contribution in [0.5, 0.6) is 0 Å². The molecule has 2 aliphatic rings. The molecule has 1 saturated heterocycles. The summed E-state index contributed by atoms with van der Waals surface area (Å²) in [5.74, 6) is -0.0359. The molecule has 1 aliphatic heterocycles. The summed E-state index contributed by atoms with van der Waals surface area (Å²) < 4.78 is 15.9. The molecule has 0 N–H and O–H groups in total. The molecule has 0 radical (unpaired) electrons. The quantitative estimate of drug-likeness (QED) is 0.662. The highest BCUT2D eigenvalue weighted by molar-refractivity contribution is 5.77. The molecule has 0 bridgehead atoms. The van der Waals surface area contributed by atoms with E-state index >= 15 is 0 Å². The van der Waals surface area contributed by atoms with E-state index in [9.17, 15) is 4.79 Å². The van der Waals surface area contributed by atoms with Crippen molar-refractivity contribution in [1.29, 1.82) is 0 Å². The Balaban J connectivity index is 1.99. The zero-order valence-corrected chi connectivity index (χ0v) is 9.49. The highest BCUT2D eigenvalue weighted by Crippen LogP contribution is 2.61. The highest BCUT2D eigenvalue weighted by Gasteiger charge is 2.67. The van der Waals surface area contributed by atoms with Crippen LogP contribution in [0, 0.1) is 17.3 Å². The lowest BCUT2D eigenvalue weighted by atomic mass is 10.1. The van der Waals surface area contributed by atoms with Gasteiger partial charge in [-0.15, -0.1) is 0 Å². The molecule has 0 aromatic rings. The van der Waals surface area contributed by atoms with Crippen LogP contribution in [0.2, 0.25) is 0 Å². The van der Waals surface area contributed by atoms with Crippen molar-refractivity contribution < 1.29 is 19.0 Å². The van der Waals surface area contributed by atoms with E-state index in [0.29, 0.717) is 19.8 Å². The molecule has 0 amide bonds. The summed E-state index contributed by atoms with van der Waals surface area (Å²) >= 11 is 0. The third kappa shape index (κ3) is 1.76. The first-order valence-electron chi connectivity index (χ1n) is 5.49. The fourth-order valence-electron chi connectivity index (χ4n) is 2.45. The van der Waals surface area contributed by atoms with Crippen LogP contribution >= 0.6 is 0 Å². The molecule has 15 heavy (non-hydrogen) atoms. The van der Waals surface area contributed by atoms with Gasteiger partial charge in [-0.05, 0) is 12.3 Å². The predicted octanol–water partition coefficient (Wildman–Crippen LogP) is 1.19. The van der Waals surface area contributed by atoms with Crippen LogP contribution < -0.4 is 0 Å². The average molecular weight is 214 g/mol. The van der Waals surface area contributed by atoms with Gasteiger partial charge in [-0.2, -0.15) is 0 Å². The molecule has 2 rings (SSSR count). The first kappa shape index (κ1) is 10.9. The van der Waals surface area contributed by atoms with E-state index in [1.165, 1.54) is 0 Å². The zero-order chi connectivity index (χ0) is 11.1. The van der Waals surface area contributed by atoms with Crippen LogP contribution in [0.15, 0.2) is 0 Å². The summed E-state index contributed by atoms with van der Waals surface area (Å²) in [5.41, 5.74) is -0.0543. The maximum absolute atomic E-state index is 11.7.